The topological polar surface area (TPSA) is 42.0 Å². The molecule has 20 heavy (non-hydrogen) atoms. The zero-order valence-corrected chi connectivity index (χ0v) is 12.6. The molecule has 0 radical (unpaired) electrons. The van der Waals surface area contributed by atoms with E-state index in [0.29, 0.717) is 10.6 Å². The summed E-state index contributed by atoms with van der Waals surface area (Å²) in [6, 6.07) is 7.28. The second kappa shape index (κ2) is 6.06. The highest BCUT2D eigenvalue weighted by atomic mass is 35.5. The third-order valence-corrected chi connectivity index (χ3v) is 3.50. The Labute approximate surface area is 124 Å². The minimum Gasteiger partial charge on any atom is -0.322 e. The summed E-state index contributed by atoms with van der Waals surface area (Å²) in [7, 11) is 0. The van der Waals surface area contributed by atoms with Crippen LogP contribution in [0.4, 0.5) is 5.69 Å². The molecule has 0 atom stereocenters. The second-order valence-electron chi connectivity index (χ2n) is 4.73. The molecular formula is C16H17ClN2O. The number of carbonyl (C=O) groups excluding carboxylic acids is 1. The number of amides is 1. The summed E-state index contributed by atoms with van der Waals surface area (Å²) in [5.41, 5.74) is 4.35. The Hall–Kier alpha value is -1.87. The molecule has 1 aromatic heterocycles. The van der Waals surface area contributed by atoms with Gasteiger partial charge in [-0.05, 0) is 55.7 Å². The van der Waals surface area contributed by atoms with Gasteiger partial charge in [0.15, 0.2) is 0 Å². The number of carbonyl (C=O) groups is 1. The largest absolute Gasteiger partial charge is 0.322 e. The van der Waals surface area contributed by atoms with Crippen LogP contribution in [0, 0.1) is 13.8 Å². The highest BCUT2D eigenvalue weighted by Crippen LogP contribution is 2.25. The van der Waals surface area contributed by atoms with Crippen molar-refractivity contribution in [1.29, 1.82) is 0 Å². The van der Waals surface area contributed by atoms with E-state index < -0.39 is 0 Å². The number of nitrogens with one attached hydrogen (secondary N) is 1. The number of hydrogen-bond acceptors (Lipinski definition) is 2. The van der Waals surface area contributed by atoms with Gasteiger partial charge in [-0.1, -0.05) is 18.5 Å². The Balaban J connectivity index is 2.28. The van der Waals surface area contributed by atoms with Crippen molar-refractivity contribution in [2.24, 2.45) is 0 Å². The third-order valence-electron chi connectivity index (χ3n) is 3.28. The van der Waals surface area contributed by atoms with Gasteiger partial charge in [-0.3, -0.25) is 9.78 Å². The van der Waals surface area contributed by atoms with Crippen LogP contribution in [0.1, 0.15) is 34.1 Å². The third kappa shape index (κ3) is 3.17. The number of nitrogens with zero attached hydrogens (tertiary/aromatic N) is 1. The van der Waals surface area contributed by atoms with Gasteiger partial charge in [0.05, 0.1) is 5.56 Å². The van der Waals surface area contributed by atoms with E-state index in [-0.39, 0.29) is 5.91 Å². The predicted molar refractivity (Wildman–Crippen MR) is 82.5 cm³/mol. The van der Waals surface area contributed by atoms with Crippen molar-refractivity contribution in [2.75, 3.05) is 5.32 Å². The maximum absolute atomic E-state index is 12.2. The van der Waals surface area contributed by atoms with E-state index in [9.17, 15) is 4.79 Å². The molecule has 0 aliphatic carbocycles. The lowest BCUT2D eigenvalue weighted by Crippen LogP contribution is -2.13. The minimum atomic E-state index is -0.176. The van der Waals surface area contributed by atoms with Crippen LogP contribution in [0.15, 0.2) is 30.5 Å². The first-order valence-electron chi connectivity index (χ1n) is 6.54. The molecule has 0 saturated heterocycles. The zero-order chi connectivity index (χ0) is 14.7. The zero-order valence-electron chi connectivity index (χ0n) is 11.8. The fraction of sp³-hybridized carbons (Fsp3) is 0.250. The maximum atomic E-state index is 12.2. The van der Waals surface area contributed by atoms with Crippen LogP contribution in [0.5, 0.6) is 0 Å². The Bertz CT molecular complexity index is 636. The standard InChI is InChI=1S/C16H17ClN2O/c1-4-12-7-14(17)8-15(11(12)3)19-16(20)13-6-5-10(2)18-9-13/h5-9H,4H2,1-3H3,(H,19,20). The van der Waals surface area contributed by atoms with Crippen LogP contribution in [-0.2, 0) is 6.42 Å². The van der Waals surface area contributed by atoms with Crippen molar-refractivity contribution in [3.05, 3.63) is 57.9 Å². The van der Waals surface area contributed by atoms with Crippen LogP contribution < -0.4 is 5.32 Å². The van der Waals surface area contributed by atoms with Crippen molar-refractivity contribution in [1.82, 2.24) is 4.98 Å². The number of pyridine rings is 1. The van der Waals surface area contributed by atoms with Gasteiger partial charge in [0.25, 0.3) is 5.91 Å². The van der Waals surface area contributed by atoms with Crippen molar-refractivity contribution < 1.29 is 4.79 Å². The normalized spacial score (nSPS) is 10.4. The molecule has 0 saturated carbocycles. The number of aromatic nitrogens is 1. The number of anilines is 1. The monoisotopic (exact) mass is 288 g/mol. The van der Waals surface area contributed by atoms with E-state index in [1.165, 1.54) is 0 Å². The average molecular weight is 289 g/mol. The average Bonchev–Trinajstić information content (AvgIpc) is 2.43. The highest BCUT2D eigenvalue weighted by molar-refractivity contribution is 6.31. The summed E-state index contributed by atoms with van der Waals surface area (Å²) in [6.45, 7) is 5.93. The summed E-state index contributed by atoms with van der Waals surface area (Å²) in [5.74, 6) is -0.176. The van der Waals surface area contributed by atoms with Gasteiger partial charge in [0.1, 0.15) is 0 Å². The summed E-state index contributed by atoms with van der Waals surface area (Å²) < 4.78 is 0. The molecule has 0 spiro atoms. The van der Waals surface area contributed by atoms with E-state index in [2.05, 4.69) is 17.2 Å². The van der Waals surface area contributed by atoms with Gasteiger partial charge in [-0.2, -0.15) is 0 Å². The molecule has 1 heterocycles. The smallest absolute Gasteiger partial charge is 0.257 e. The first kappa shape index (κ1) is 14.5. The SMILES string of the molecule is CCc1cc(Cl)cc(NC(=O)c2ccc(C)nc2)c1C. The van der Waals surface area contributed by atoms with Crippen molar-refractivity contribution >= 4 is 23.2 Å². The van der Waals surface area contributed by atoms with E-state index in [1.54, 1.807) is 18.3 Å². The molecule has 0 aliphatic rings. The summed E-state index contributed by atoms with van der Waals surface area (Å²) in [6.07, 6.45) is 2.45. The van der Waals surface area contributed by atoms with E-state index in [1.807, 2.05) is 26.0 Å². The van der Waals surface area contributed by atoms with Gasteiger partial charge < -0.3 is 5.32 Å². The highest BCUT2D eigenvalue weighted by Gasteiger charge is 2.10. The number of aryl methyl sites for hydroxylation is 2. The molecule has 3 nitrogen and oxygen atoms in total. The molecule has 1 aromatic carbocycles. The van der Waals surface area contributed by atoms with Gasteiger partial charge in [0, 0.05) is 22.6 Å². The van der Waals surface area contributed by atoms with Crippen LogP contribution in [-0.4, -0.2) is 10.9 Å². The Morgan fingerprint density at radius 2 is 2.05 bits per heavy atom. The van der Waals surface area contributed by atoms with Crippen molar-refractivity contribution in [2.45, 2.75) is 27.2 Å². The van der Waals surface area contributed by atoms with Gasteiger partial charge >= 0.3 is 0 Å². The van der Waals surface area contributed by atoms with Crippen LogP contribution >= 0.6 is 11.6 Å². The van der Waals surface area contributed by atoms with E-state index in [4.69, 9.17) is 11.6 Å². The summed E-state index contributed by atoms with van der Waals surface area (Å²) in [5, 5.41) is 3.53. The summed E-state index contributed by atoms with van der Waals surface area (Å²) >= 11 is 6.09. The molecule has 1 amide bonds. The van der Waals surface area contributed by atoms with Crippen molar-refractivity contribution in [3.63, 3.8) is 0 Å². The van der Waals surface area contributed by atoms with Crippen LogP contribution in [0.2, 0.25) is 5.02 Å². The first-order chi connectivity index (χ1) is 9.51. The molecule has 0 aliphatic heterocycles. The first-order valence-corrected chi connectivity index (χ1v) is 6.92. The fourth-order valence-corrected chi connectivity index (χ4v) is 2.27. The van der Waals surface area contributed by atoms with Gasteiger partial charge in [-0.15, -0.1) is 0 Å². The molecule has 0 unspecified atom stereocenters. The number of hydrogen-bond donors (Lipinski definition) is 1. The predicted octanol–water partition coefficient (Wildman–Crippen LogP) is 4.17. The number of benzene rings is 1. The van der Waals surface area contributed by atoms with Gasteiger partial charge in [0.2, 0.25) is 0 Å². The molecule has 0 fully saturated rings. The lowest BCUT2D eigenvalue weighted by molar-refractivity contribution is 0.102. The Kier molecular flexibility index (Phi) is 4.40. The molecule has 2 rings (SSSR count). The lowest BCUT2D eigenvalue weighted by atomic mass is 10.0. The summed E-state index contributed by atoms with van der Waals surface area (Å²) in [4.78, 5) is 16.3. The second-order valence-corrected chi connectivity index (χ2v) is 5.17. The van der Waals surface area contributed by atoms with E-state index in [0.717, 1.165) is 28.9 Å². The fourth-order valence-electron chi connectivity index (χ4n) is 2.03. The molecule has 1 N–H and O–H groups in total. The quantitative estimate of drug-likeness (QED) is 0.921. The molecular weight excluding hydrogens is 272 g/mol. The molecule has 0 bridgehead atoms. The van der Waals surface area contributed by atoms with E-state index >= 15 is 0 Å². The Morgan fingerprint density at radius 3 is 2.65 bits per heavy atom. The number of rotatable bonds is 3. The number of halogens is 1. The molecule has 2 aromatic rings. The van der Waals surface area contributed by atoms with Crippen LogP contribution in [0.3, 0.4) is 0 Å². The maximum Gasteiger partial charge on any atom is 0.257 e. The van der Waals surface area contributed by atoms with Gasteiger partial charge in [-0.25, -0.2) is 0 Å². The Morgan fingerprint density at radius 1 is 1.30 bits per heavy atom. The molecule has 104 valence electrons. The minimum absolute atomic E-state index is 0.176. The van der Waals surface area contributed by atoms with Crippen LogP contribution in [0.25, 0.3) is 0 Å². The molecule has 4 heteroatoms. The van der Waals surface area contributed by atoms with Crippen molar-refractivity contribution in [3.8, 4) is 0 Å². The lowest BCUT2D eigenvalue weighted by Gasteiger charge is -2.12.